The van der Waals surface area contributed by atoms with Crippen LogP contribution in [-0.2, 0) is 22.5 Å². The standard InChI is InChI=1S/C18H21FN4O2/c1-25-10-9-22-7-8-23(13-14-3-2-6-20-18(14)22)17(24)11-16-5-4-15(19)12-21-16/h2-6,12H,7-11,13H2,1H3. The second-order valence-electron chi connectivity index (χ2n) is 5.93. The number of pyridine rings is 2. The van der Waals surface area contributed by atoms with Gasteiger partial charge in [0, 0.05) is 50.7 Å². The Morgan fingerprint density at radius 3 is 2.92 bits per heavy atom. The number of rotatable bonds is 5. The molecule has 25 heavy (non-hydrogen) atoms. The van der Waals surface area contributed by atoms with Gasteiger partial charge >= 0.3 is 0 Å². The highest BCUT2D eigenvalue weighted by Gasteiger charge is 2.23. The lowest BCUT2D eigenvalue weighted by atomic mass is 10.2. The van der Waals surface area contributed by atoms with Gasteiger partial charge in [-0.3, -0.25) is 9.78 Å². The molecular weight excluding hydrogens is 323 g/mol. The first-order valence-corrected chi connectivity index (χ1v) is 8.23. The van der Waals surface area contributed by atoms with Gasteiger partial charge in [0.05, 0.1) is 19.2 Å². The lowest BCUT2D eigenvalue weighted by Gasteiger charge is -2.23. The van der Waals surface area contributed by atoms with Crippen molar-refractivity contribution in [3.05, 3.63) is 53.7 Å². The Morgan fingerprint density at radius 2 is 2.16 bits per heavy atom. The number of halogens is 1. The van der Waals surface area contributed by atoms with E-state index in [9.17, 15) is 9.18 Å². The molecule has 0 unspecified atom stereocenters. The quantitative estimate of drug-likeness (QED) is 0.826. The van der Waals surface area contributed by atoms with E-state index in [0.29, 0.717) is 31.9 Å². The summed E-state index contributed by atoms with van der Waals surface area (Å²) in [5.41, 5.74) is 1.58. The maximum atomic E-state index is 13.0. The summed E-state index contributed by atoms with van der Waals surface area (Å²) in [5, 5.41) is 0. The van der Waals surface area contributed by atoms with Gasteiger partial charge in [0.1, 0.15) is 11.6 Å². The van der Waals surface area contributed by atoms with Crippen LogP contribution in [0.2, 0.25) is 0 Å². The van der Waals surface area contributed by atoms with Gasteiger partial charge in [-0.25, -0.2) is 9.37 Å². The molecule has 0 atom stereocenters. The van der Waals surface area contributed by atoms with Gasteiger partial charge in [-0.05, 0) is 18.2 Å². The molecule has 3 rings (SSSR count). The van der Waals surface area contributed by atoms with E-state index in [1.165, 1.54) is 6.07 Å². The Labute approximate surface area is 146 Å². The first-order chi connectivity index (χ1) is 12.2. The second kappa shape index (κ2) is 8.02. The van der Waals surface area contributed by atoms with Crippen LogP contribution in [0.4, 0.5) is 10.2 Å². The number of hydrogen-bond acceptors (Lipinski definition) is 5. The third kappa shape index (κ3) is 4.30. The van der Waals surface area contributed by atoms with Crippen LogP contribution in [-0.4, -0.2) is 54.1 Å². The van der Waals surface area contributed by atoms with E-state index < -0.39 is 5.82 Å². The molecule has 0 fully saturated rings. The summed E-state index contributed by atoms with van der Waals surface area (Å²) in [6.45, 7) is 3.12. The molecule has 0 saturated carbocycles. The van der Waals surface area contributed by atoms with Crippen molar-refractivity contribution in [3.63, 3.8) is 0 Å². The number of carbonyl (C=O) groups excluding carboxylic acids is 1. The van der Waals surface area contributed by atoms with Crippen LogP contribution >= 0.6 is 0 Å². The molecule has 0 spiro atoms. The minimum atomic E-state index is -0.403. The molecule has 6 nitrogen and oxygen atoms in total. The van der Waals surface area contributed by atoms with Crippen LogP contribution in [0.3, 0.4) is 0 Å². The van der Waals surface area contributed by atoms with E-state index in [4.69, 9.17) is 4.74 Å². The molecule has 2 aromatic heterocycles. The summed E-state index contributed by atoms with van der Waals surface area (Å²) in [4.78, 5) is 25.1. The van der Waals surface area contributed by atoms with Gasteiger partial charge < -0.3 is 14.5 Å². The Morgan fingerprint density at radius 1 is 1.28 bits per heavy atom. The lowest BCUT2D eigenvalue weighted by Crippen LogP contribution is -2.37. The molecule has 1 aliphatic heterocycles. The van der Waals surface area contributed by atoms with Crippen molar-refractivity contribution >= 4 is 11.7 Å². The number of amides is 1. The van der Waals surface area contributed by atoms with Crippen LogP contribution in [0, 0.1) is 5.82 Å². The van der Waals surface area contributed by atoms with Crippen LogP contribution in [0.25, 0.3) is 0 Å². The van der Waals surface area contributed by atoms with Crippen molar-refractivity contribution in [1.82, 2.24) is 14.9 Å². The van der Waals surface area contributed by atoms with Crippen molar-refractivity contribution in [2.45, 2.75) is 13.0 Å². The van der Waals surface area contributed by atoms with Crippen molar-refractivity contribution in [2.24, 2.45) is 0 Å². The first kappa shape index (κ1) is 17.3. The fourth-order valence-corrected chi connectivity index (χ4v) is 2.88. The topological polar surface area (TPSA) is 58.6 Å². The number of hydrogen-bond donors (Lipinski definition) is 0. The van der Waals surface area contributed by atoms with Gasteiger partial charge in [-0.2, -0.15) is 0 Å². The van der Waals surface area contributed by atoms with Crippen molar-refractivity contribution in [3.8, 4) is 0 Å². The first-order valence-electron chi connectivity index (χ1n) is 8.23. The van der Waals surface area contributed by atoms with Gasteiger partial charge in [-0.1, -0.05) is 6.07 Å². The summed E-state index contributed by atoms with van der Waals surface area (Å²) < 4.78 is 18.1. The molecule has 3 heterocycles. The number of anilines is 1. The summed E-state index contributed by atoms with van der Waals surface area (Å²) in [6, 6.07) is 6.74. The van der Waals surface area contributed by atoms with Crippen molar-refractivity contribution < 1.29 is 13.9 Å². The lowest BCUT2D eigenvalue weighted by molar-refractivity contribution is -0.130. The fourth-order valence-electron chi connectivity index (χ4n) is 2.88. The van der Waals surface area contributed by atoms with Gasteiger partial charge in [0.15, 0.2) is 0 Å². The Balaban J connectivity index is 1.73. The smallest absolute Gasteiger partial charge is 0.228 e. The van der Waals surface area contributed by atoms with Gasteiger partial charge in [-0.15, -0.1) is 0 Å². The van der Waals surface area contributed by atoms with E-state index in [0.717, 1.165) is 24.1 Å². The van der Waals surface area contributed by atoms with Crippen LogP contribution in [0.15, 0.2) is 36.7 Å². The highest BCUT2D eigenvalue weighted by molar-refractivity contribution is 5.78. The molecule has 132 valence electrons. The number of carbonyl (C=O) groups is 1. The average Bonchev–Trinajstić information content (AvgIpc) is 2.81. The van der Waals surface area contributed by atoms with Crippen LogP contribution in [0.1, 0.15) is 11.3 Å². The van der Waals surface area contributed by atoms with E-state index in [-0.39, 0.29) is 12.3 Å². The predicted octanol–water partition coefficient (Wildman–Crippen LogP) is 1.65. The monoisotopic (exact) mass is 344 g/mol. The maximum Gasteiger partial charge on any atom is 0.228 e. The Hall–Kier alpha value is -2.54. The molecule has 0 bridgehead atoms. The number of methoxy groups -OCH3 is 1. The molecule has 1 amide bonds. The zero-order chi connectivity index (χ0) is 17.6. The van der Waals surface area contributed by atoms with E-state index >= 15 is 0 Å². The van der Waals surface area contributed by atoms with E-state index in [2.05, 4.69) is 14.9 Å². The molecule has 2 aromatic rings. The molecule has 7 heteroatoms. The molecule has 0 saturated heterocycles. The highest BCUT2D eigenvalue weighted by atomic mass is 19.1. The number of nitrogens with zero attached hydrogens (tertiary/aromatic N) is 4. The fraction of sp³-hybridized carbons (Fsp3) is 0.389. The summed E-state index contributed by atoms with van der Waals surface area (Å²) in [6.07, 6.45) is 3.06. The maximum absolute atomic E-state index is 13.0. The number of aromatic nitrogens is 2. The molecule has 0 aromatic carbocycles. The third-order valence-corrected chi connectivity index (χ3v) is 4.21. The van der Waals surface area contributed by atoms with Gasteiger partial charge in [0.2, 0.25) is 5.91 Å². The predicted molar refractivity (Wildman–Crippen MR) is 91.6 cm³/mol. The largest absolute Gasteiger partial charge is 0.383 e. The van der Waals surface area contributed by atoms with Crippen molar-refractivity contribution in [2.75, 3.05) is 38.3 Å². The average molecular weight is 344 g/mol. The molecule has 1 aliphatic rings. The molecule has 0 N–H and O–H groups in total. The minimum absolute atomic E-state index is 0.0255. The molecular formula is C18H21FN4O2. The Kier molecular flexibility index (Phi) is 5.55. The third-order valence-electron chi connectivity index (χ3n) is 4.21. The van der Waals surface area contributed by atoms with Crippen LogP contribution in [0.5, 0.6) is 0 Å². The number of fused-ring (bicyclic) bond motifs is 1. The summed E-state index contributed by atoms with van der Waals surface area (Å²) in [7, 11) is 1.67. The van der Waals surface area contributed by atoms with E-state index in [1.54, 1.807) is 24.3 Å². The van der Waals surface area contributed by atoms with E-state index in [1.807, 2.05) is 12.1 Å². The zero-order valence-electron chi connectivity index (χ0n) is 14.2. The highest BCUT2D eigenvalue weighted by Crippen LogP contribution is 2.22. The minimum Gasteiger partial charge on any atom is -0.383 e. The van der Waals surface area contributed by atoms with Gasteiger partial charge in [0.25, 0.3) is 0 Å². The van der Waals surface area contributed by atoms with Crippen LogP contribution < -0.4 is 4.90 Å². The summed E-state index contributed by atoms with van der Waals surface area (Å²) in [5.74, 6) is 0.469. The Bertz CT molecular complexity index is 723. The zero-order valence-corrected chi connectivity index (χ0v) is 14.2. The SMILES string of the molecule is COCCN1CCN(C(=O)Cc2ccc(F)cn2)Cc2cccnc21. The molecule has 0 radical (unpaired) electrons. The molecule has 0 aliphatic carbocycles. The summed E-state index contributed by atoms with van der Waals surface area (Å²) >= 11 is 0. The van der Waals surface area contributed by atoms with Crippen molar-refractivity contribution in [1.29, 1.82) is 0 Å². The second-order valence-corrected chi connectivity index (χ2v) is 5.93. The normalized spacial score (nSPS) is 14.2. The number of ether oxygens (including phenoxy) is 1.